The number of nitrogens with one attached hydrogen (secondary N) is 1. The van der Waals surface area contributed by atoms with E-state index in [0.717, 1.165) is 6.42 Å². The van der Waals surface area contributed by atoms with Crippen LogP contribution in [0.2, 0.25) is 0 Å². The Hall–Kier alpha value is -2.52. The third kappa shape index (κ3) is 2.87. The minimum Gasteiger partial charge on any atom is -0.396 e. The molecule has 0 unspecified atom stereocenters. The quantitative estimate of drug-likeness (QED) is 0.735. The van der Waals surface area contributed by atoms with Gasteiger partial charge >= 0.3 is 5.69 Å². The molecule has 9 heteroatoms. The standard InChI is InChI=1S/C18H22N4O5/c1-9-5-11(14-15(19-9)21(2)18(26)20-16(14)24)17(25)22-3-4-27-13-7-10(8-23)6-12(13)22/h5,10,12-13,23H,3-4,6-8H2,1-2H3,(H,20,24,26)/t10-,12+,13+/m1/s1. The molecule has 1 aliphatic heterocycles. The van der Waals surface area contributed by atoms with Gasteiger partial charge in [-0.15, -0.1) is 0 Å². The van der Waals surface area contributed by atoms with Crippen molar-refractivity contribution >= 4 is 16.9 Å². The maximum atomic E-state index is 13.4. The zero-order chi connectivity index (χ0) is 19.3. The van der Waals surface area contributed by atoms with Crippen LogP contribution in [0, 0.1) is 12.8 Å². The number of aryl methyl sites for hydroxylation is 2. The first-order valence-electron chi connectivity index (χ1n) is 9.04. The Labute approximate surface area is 154 Å². The third-order valence-electron chi connectivity index (χ3n) is 5.58. The minimum atomic E-state index is -0.617. The molecule has 1 aliphatic carbocycles. The second-order valence-corrected chi connectivity index (χ2v) is 7.32. The molecule has 2 fully saturated rings. The van der Waals surface area contributed by atoms with Crippen molar-refractivity contribution in [1.29, 1.82) is 0 Å². The summed E-state index contributed by atoms with van der Waals surface area (Å²) in [5, 5.41) is 9.60. The number of carbonyl (C=O) groups is 1. The number of aromatic amines is 1. The number of hydrogen-bond donors (Lipinski definition) is 2. The van der Waals surface area contributed by atoms with Gasteiger partial charge in [-0.1, -0.05) is 0 Å². The van der Waals surface area contributed by atoms with Gasteiger partial charge in [0.2, 0.25) is 0 Å². The molecule has 2 aromatic rings. The van der Waals surface area contributed by atoms with Gasteiger partial charge in [-0.05, 0) is 31.7 Å². The van der Waals surface area contributed by atoms with Gasteiger partial charge in [0.15, 0.2) is 0 Å². The highest BCUT2D eigenvalue weighted by molar-refractivity contribution is 6.05. The van der Waals surface area contributed by atoms with Crippen LogP contribution in [0.5, 0.6) is 0 Å². The van der Waals surface area contributed by atoms with E-state index in [9.17, 15) is 19.5 Å². The molecular weight excluding hydrogens is 352 g/mol. The maximum absolute atomic E-state index is 13.4. The summed E-state index contributed by atoms with van der Waals surface area (Å²) in [5.74, 6) is -0.167. The smallest absolute Gasteiger partial charge is 0.329 e. The van der Waals surface area contributed by atoms with Crippen LogP contribution in [0.4, 0.5) is 0 Å². The molecule has 1 amide bonds. The van der Waals surface area contributed by atoms with E-state index in [1.165, 1.54) is 11.6 Å². The van der Waals surface area contributed by atoms with E-state index in [1.54, 1.807) is 17.9 Å². The van der Waals surface area contributed by atoms with Gasteiger partial charge in [0, 0.05) is 25.9 Å². The van der Waals surface area contributed by atoms with Gasteiger partial charge in [-0.2, -0.15) is 0 Å². The van der Waals surface area contributed by atoms with E-state index in [1.807, 2.05) is 0 Å². The van der Waals surface area contributed by atoms with Crippen molar-refractivity contribution in [3.63, 3.8) is 0 Å². The normalized spacial score (nSPS) is 25.0. The molecule has 0 aromatic carbocycles. The Morgan fingerprint density at radius 1 is 1.41 bits per heavy atom. The molecule has 9 nitrogen and oxygen atoms in total. The number of amides is 1. The van der Waals surface area contributed by atoms with E-state index in [2.05, 4.69) is 9.97 Å². The predicted molar refractivity (Wildman–Crippen MR) is 96.7 cm³/mol. The number of aromatic nitrogens is 3. The molecule has 2 aliphatic rings. The molecule has 1 saturated carbocycles. The Balaban J connectivity index is 1.82. The summed E-state index contributed by atoms with van der Waals surface area (Å²) in [5.41, 5.74) is -0.208. The number of H-pyrrole nitrogens is 1. The van der Waals surface area contributed by atoms with Crippen molar-refractivity contribution in [1.82, 2.24) is 19.4 Å². The van der Waals surface area contributed by atoms with E-state index < -0.39 is 11.2 Å². The SMILES string of the molecule is Cc1cc(C(=O)N2CCO[C@H]3C[C@H](CO)C[C@@H]32)c2c(=O)[nH]c(=O)n(C)c2n1. The van der Waals surface area contributed by atoms with E-state index >= 15 is 0 Å². The number of rotatable bonds is 2. The van der Waals surface area contributed by atoms with Crippen LogP contribution in [-0.2, 0) is 11.8 Å². The average molecular weight is 374 g/mol. The van der Waals surface area contributed by atoms with Crippen molar-refractivity contribution in [2.24, 2.45) is 13.0 Å². The molecule has 0 radical (unpaired) electrons. The van der Waals surface area contributed by atoms with Crippen LogP contribution in [-0.4, -0.2) is 62.4 Å². The zero-order valence-corrected chi connectivity index (χ0v) is 15.3. The minimum absolute atomic E-state index is 0.0669. The summed E-state index contributed by atoms with van der Waals surface area (Å²) < 4.78 is 7.03. The van der Waals surface area contributed by atoms with Gasteiger partial charge < -0.3 is 14.7 Å². The van der Waals surface area contributed by atoms with Crippen molar-refractivity contribution in [2.45, 2.75) is 31.9 Å². The first kappa shape index (κ1) is 17.9. The fraction of sp³-hybridized carbons (Fsp3) is 0.556. The highest BCUT2D eigenvalue weighted by Crippen LogP contribution is 2.35. The van der Waals surface area contributed by atoms with Gasteiger partial charge in [0.25, 0.3) is 11.5 Å². The zero-order valence-electron chi connectivity index (χ0n) is 15.3. The summed E-state index contributed by atoms with van der Waals surface area (Å²) in [4.78, 5) is 46.0. The predicted octanol–water partition coefficient (Wildman–Crippen LogP) is -0.458. The van der Waals surface area contributed by atoms with E-state index in [4.69, 9.17) is 4.74 Å². The Bertz CT molecular complexity index is 1030. The fourth-order valence-electron chi connectivity index (χ4n) is 4.24. The largest absolute Gasteiger partial charge is 0.396 e. The van der Waals surface area contributed by atoms with Gasteiger partial charge in [-0.3, -0.25) is 19.1 Å². The van der Waals surface area contributed by atoms with Crippen LogP contribution >= 0.6 is 0 Å². The molecule has 4 rings (SSSR count). The third-order valence-corrected chi connectivity index (χ3v) is 5.58. The summed E-state index contributed by atoms with van der Waals surface area (Å²) in [6, 6.07) is 1.46. The Morgan fingerprint density at radius 2 is 2.19 bits per heavy atom. The molecule has 1 saturated heterocycles. The molecule has 144 valence electrons. The highest BCUT2D eigenvalue weighted by atomic mass is 16.5. The number of carbonyl (C=O) groups excluding carboxylic acids is 1. The molecular formula is C18H22N4O5. The maximum Gasteiger partial charge on any atom is 0.329 e. The van der Waals surface area contributed by atoms with Gasteiger partial charge in [-0.25, -0.2) is 9.78 Å². The first-order chi connectivity index (χ1) is 12.9. The number of ether oxygens (including phenoxy) is 1. The average Bonchev–Trinajstić information content (AvgIpc) is 3.08. The molecule has 0 bridgehead atoms. The lowest BCUT2D eigenvalue weighted by atomic mass is 10.1. The van der Waals surface area contributed by atoms with Crippen LogP contribution < -0.4 is 11.2 Å². The first-order valence-corrected chi connectivity index (χ1v) is 9.04. The van der Waals surface area contributed by atoms with Crippen LogP contribution in [0.1, 0.15) is 28.9 Å². The second kappa shape index (κ2) is 6.58. The lowest BCUT2D eigenvalue weighted by Crippen LogP contribution is -2.51. The number of pyridine rings is 1. The van der Waals surface area contributed by atoms with Crippen molar-refractivity contribution < 1.29 is 14.6 Å². The lowest BCUT2D eigenvalue weighted by Gasteiger charge is -2.37. The fourth-order valence-corrected chi connectivity index (χ4v) is 4.24. The number of morpholine rings is 1. The monoisotopic (exact) mass is 374 g/mol. The topological polar surface area (TPSA) is 118 Å². The summed E-state index contributed by atoms with van der Waals surface area (Å²) in [6.45, 7) is 2.63. The molecule has 3 heterocycles. The van der Waals surface area contributed by atoms with Crippen molar-refractivity contribution in [2.75, 3.05) is 19.8 Å². The molecule has 2 N–H and O–H groups in total. The Kier molecular flexibility index (Phi) is 4.35. The highest BCUT2D eigenvalue weighted by Gasteiger charge is 2.43. The Morgan fingerprint density at radius 3 is 2.93 bits per heavy atom. The number of nitrogens with zero attached hydrogens (tertiary/aromatic N) is 3. The summed E-state index contributed by atoms with van der Waals surface area (Å²) >= 11 is 0. The molecule has 27 heavy (non-hydrogen) atoms. The van der Waals surface area contributed by atoms with Gasteiger partial charge in [0.1, 0.15) is 5.65 Å². The number of fused-ring (bicyclic) bond motifs is 2. The van der Waals surface area contributed by atoms with E-state index in [-0.39, 0.29) is 47.2 Å². The van der Waals surface area contributed by atoms with Crippen molar-refractivity contribution in [3.05, 3.63) is 38.2 Å². The lowest BCUT2D eigenvalue weighted by molar-refractivity contribution is -0.0448. The van der Waals surface area contributed by atoms with Crippen LogP contribution in [0.25, 0.3) is 11.0 Å². The summed E-state index contributed by atoms with van der Waals surface area (Å²) in [6.07, 6.45) is 1.29. The number of aliphatic hydroxyl groups excluding tert-OH is 1. The van der Waals surface area contributed by atoms with Crippen molar-refractivity contribution in [3.8, 4) is 0 Å². The molecule has 3 atom stereocenters. The van der Waals surface area contributed by atoms with Gasteiger partial charge in [0.05, 0.1) is 29.7 Å². The second-order valence-electron chi connectivity index (χ2n) is 7.32. The number of aliphatic hydroxyl groups is 1. The van der Waals surface area contributed by atoms with Crippen LogP contribution in [0.15, 0.2) is 15.7 Å². The van der Waals surface area contributed by atoms with E-state index in [0.29, 0.717) is 25.3 Å². The summed E-state index contributed by atoms with van der Waals surface area (Å²) in [7, 11) is 1.51. The number of hydrogen-bond acceptors (Lipinski definition) is 6. The molecule has 2 aromatic heterocycles. The molecule has 0 spiro atoms. The van der Waals surface area contributed by atoms with Crippen LogP contribution in [0.3, 0.4) is 0 Å².